The first kappa shape index (κ1) is 13.6. The summed E-state index contributed by atoms with van der Waals surface area (Å²) in [6, 6.07) is 2.79. The third-order valence-electron chi connectivity index (χ3n) is 2.91. The van der Waals surface area contributed by atoms with Crippen molar-refractivity contribution in [2.24, 2.45) is 0 Å². The van der Waals surface area contributed by atoms with E-state index in [-0.39, 0.29) is 25.2 Å². The third-order valence-corrected chi connectivity index (χ3v) is 2.91. The first-order chi connectivity index (χ1) is 8.88. The Morgan fingerprint density at radius 2 is 2.00 bits per heavy atom. The van der Waals surface area contributed by atoms with E-state index in [9.17, 15) is 13.6 Å². The van der Waals surface area contributed by atoms with E-state index in [1.54, 1.807) is 0 Å². The van der Waals surface area contributed by atoms with E-state index in [1.165, 1.54) is 12.1 Å². The van der Waals surface area contributed by atoms with Crippen molar-refractivity contribution in [3.63, 3.8) is 0 Å². The molecule has 1 heterocycles. The van der Waals surface area contributed by atoms with Crippen LogP contribution >= 0.6 is 0 Å². The minimum atomic E-state index is -3.00. The highest BCUT2D eigenvalue weighted by Crippen LogP contribution is 2.40. The highest BCUT2D eigenvalue weighted by Gasteiger charge is 2.30. The van der Waals surface area contributed by atoms with Crippen molar-refractivity contribution in [1.29, 1.82) is 0 Å². The minimum absolute atomic E-state index is 0.0165. The Labute approximate surface area is 108 Å². The highest BCUT2D eigenvalue weighted by atomic mass is 19.3. The lowest BCUT2D eigenvalue weighted by atomic mass is 9.97. The van der Waals surface area contributed by atoms with E-state index < -0.39 is 11.9 Å². The summed E-state index contributed by atoms with van der Waals surface area (Å²) in [5.41, 5.74) is 0.264. The topological polar surface area (TPSA) is 55.8 Å². The smallest absolute Gasteiger partial charge is 0.303 e. The number of carboxylic acid groups (broad SMARTS) is 1. The molecule has 2 rings (SSSR count). The lowest BCUT2D eigenvalue weighted by Gasteiger charge is -2.16. The van der Waals surface area contributed by atoms with Crippen LogP contribution in [0.4, 0.5) is 8.78 Å². The van der Waals surface area contributed by atoms with Gasteiger partial charge in [0.05, 0.1) is 0 Å². The van der Waals surface area contributed by atoms with Crippen LogP contribution in [-0.4, -0.2) is 17.9 Å². The fourth-order valence-corrected chi connectivity index (χ4v) is 2.03. The van der Waals surface area contributed by atoms with Crippen molar-refractivity contribution < 1.29 is 28.2 Å². The van der Waals surface area contributed by atoms with Gasteiger partial charge in [-0.25, -0.2) is 8.78 Å². The van der Waals surface area contributed by atoms with Crippen molar-refractivity contribution in [1.82, 2.24) is 0 Å². The van der Waals surface area contributed by atoms with Crippen LogP contribution in [0.5, 0.6) is 11.5 Å². The average Bonchev–Trinajstić information content (AvgIpc) is 2.73. The van der Waals surface area contributed by atoms with Gasteiger partial charge in [-0.15, -0.1) is 0 Å². The molecule has 0 saturated carbocycles. The Morgan fingerprint density at radius 1 is 1.37 bits per heavy atom. The van der Waals surface area contributed by atoms with Gasteiger partial charge in [-0.1, -0.05) is 0 Å². The maximum Gasteiger partial charge on any atom is 0.303 e. The SMILES string of the molecule is CC(F)(F)c1cc2c(cc1CCCC(=O)O)OCO2. The Morgan fingerprint density at radius 3 is 2.58 bits per heavy atom. The number of aryl methyl sites for hydroxylation is 1. The van der Waals surface area contributed by atoms with Gasteiger partial charge in [-0.2, -0.15) is 0 Å². The molecule has 4 nitrogen and oxygen atoms in total. The Balaban J connectivity index is 2.26. The van der Waals surface area contributed by atoms with Gasteiger partial charge >= 0.3 is 5.97 Å². The molecular weight excluding hydrogens is 258 g/mol. The summed E-state index contributed by atoms with van der Waals surface area (Å²) in [6.07, 6.45) is 0.517. The van der Waals surface area contributed by atoms with Gasteiger partial charge in [0, 0.05) is 18.9 Å². The van der Waals surface area contributed by atoms with Gasteiger partial charge in [0.25, 0.3) is 5.92 Å². The number of halogens is 2. The van der Waals surface area contributed by atoms with E-state index in [1.807, 2.05) is 0 Å². The number of aliphatic carboxylic acids is 1. The van der Waals surface area contributed by atoms with Crippen LogP contribution in [0.2, 0.25) is 0 Å². The molecular formula is C13H14F2O4. The summed E-state index contributed by atoms with van der Waals surface area (Å²) in [4.78, 5) is 10.5. The predicted octanol–water partition coefficient (Wildman–Crippen LogP) is 2.93. The van der Waals surface area contributed by atoms with Gasteiger partial charge in [-0.3, -0.25) is 4.79 Å². The predicted molar refractivity (Wildman–Crippen MR) is 62.7 cm³/mol. The monoisotopic (exact) mass is 272 g/mol. The Bertz CT molecular complexity index is 494. The lowest BCUT2D eigenvalue weighted by Crippen LogP contribution is -2.11. The van der Waals surface area contributed by atoms with Crippen molar-refractivity contribution in [2.45, 2.75) is 32.1 Å². The minimum Gasteiger partial charge on any atom is -0.481 e. The number of benzene rings is 1. The van der Waals surface area contributed by atoms with Gasteiger partial charge in [0.1, 0.15) is 0 Å². The molecule has 0 bridgehead atoms. The van der Waals surface area contributed by atoms with Crippen LogP contribution in [0.15, 0.2) is 12.1 Å². The molecule has 0 unspecified atom stereocenters. The zero-order valence-electron chi connectivity index (χ0n) is 10.4. The fourth-order valence-electron chi connectivity index (χ4n) is 2.03. The zero-order chi connectivity index (χ0) is 14.0. The number of carboxylic acids is 1. The summed E-state index contributed by atoms with van der Waals surface area (Å²) in [7, 11) is 0. The number of hydrogen-bond donors (Lipinski definition) is 1. The molecule has 0 saturated heterocycles. The molecule has 0 aromatic heterocycles. The summed E-state index contributed by atoms with van der Waals surface area (Å²) >= 11 is 0. The highest BCUT2D eigenvalue weighted by molar-refractivity contribution is 5.66. The first-order valence-electron chi connectivity index (χ1n) is 5.90. The molecule has 0 spiro atoms. The summed E-state index contributed by atoms with van der Waals surface area (Å²) < 4.78 is 37.3. The first-order valence-corrected chi connectivity index (χ1v) is 5.90. The number of carbonyl (C=O) groups is 1. The maximum absolute atomic E-state index is 13.6. The average molecular weight is 272 g/mol. The van der Waals surface area contributed by atoms with Crippen LogP contribution in [-0.2, 0) is 17.1 Å². The molecule has 1 aliphatic heterocycles. The Kier molecular flexibility index (Phi) is 3.59. The Hall–Kier alpha value is -1.85. The summed E-state index contributed by atoms with van der Waals surface area (Å²) in [6.45, 7) is 0.827. The number of hydrogen-bond acceptors (Lipinski definition) is 3. The molecule has 6 heteroatoms. The molecule has 19 heavy (non-hydrogen) atoms. The second-order valence-corrected chi connectivity index (χ2v) is 4.50. The number of alkyl halides is 2. The molecule has 1 aliphatic rings. The number of fused-ring (bicyclic) bond motifs is 1. The van der Waals surface area contributed by atoms with E-state index in [0.29, 0.717) is 23.5 Å². The molecule has 0 radical (unpaired) electrons. The largest absolute Gasteiger partial charge is 0.481 e. The second kappa shape index (κ2) is 5.03. The van der Waals surface area contributed by atoms with Crippen LogP contribution in [0.25, 0.3) is 0 Å². The van der Waals surface area contributed by atoms with Gasteiger partial charge < -0.3 is 14.6 Å². The molecule has 0 atom stereocenters. The molecule has 0 aliphatic carbocycles. The van der Waals surface area contributed by atoms with Crippen molar-refractivity contribution in [2.75, 3.05) is 6.79 Å². The fraction of sp³-hybridized carbons (Fsp3) is 0.462. The molecule has 104 valence electrons. The summed E-state index contributed by atoms with van der Waals surface area (Å²) in [5, 5.41) is 8.58. The zero-order valence-corrected chi connectivity index (χ0v) is 10.4. The second-order valence-electron chi connectivity index (χ2n) is 4.50. The lowest BCUT2D eigenvalue weighted by molar-refractivity contribution is -0.137. The van der Waals surface area contributed by atoms with E-state index in [0.717, 1.165) is 6.92 Å². The van der Waals surface area contributed by atoms with Crippen molar-refractivity contribution in [3.05, 3.63) is 23.3 Å². The summed E-state index contributed by atoms with van der Waals surface area (Å²) in [5.74, 6) is -3.21. The van der Waals surface area contributed by atoms with E-state index in [4.69, 9.17) is 14.6 Å². The molecule has 1 aromatic rings. The third kappa shape index (κ3) is 3.13. The number of rotatable bonds is 5. The van der Waals surface area contributed by atoms with E-state index in [2.05, 4.69) is 0 Å². The van der Waals surface area contributed by atoms with Crippen LogP contribution in [0.1, 0.15) is 30.9 Å². The van der Waals surface area contributed by atoms with Gasteiger partial charge in [0.15, 0.2) is 11.5 Å². The quantitative estimate of drug-likeness (QED) is 0.895. The molecule has 1 N–H and O–H groups in total. The molecule has 1 aromatic carbocycles. The number of ether oxygens (including phenoxy) is 2. The van der Waals surface area contributed by atoms with Crippen molar-refractivity contribution in [3.8, 4) is 11.5 Å². The maximum atomic E-state index is 13.6. The van der Waals surface area contributed by atoms with Gasteiger partial charge in [-0.05, 0) is 30.5 Å². The van der Waals surface area contributed by atoms with Crippen molar-refractivity contribution >= 4 is 5.97 Å². The molecule has 0 fully saturated rings. The van der Waals surface area contributed by atoms with Crippen LogP contribution in [0, 0.1) is 0 Å². The van der Waals surface area contributed by atoms with Crippen LogP contribution < -0.4 is 9.47 Å². The normalized spacial score (nSPS) is 13.6. The van der Waals surface area contributed by atoms with Crippen LogP contribution in [0.3, 0.4) is 0 Å². The standard InChI is InChI=1S/C13H14F2O4/c1-13(14,15)9-6-11-10(18-7-19-11)5-8(9)3-2-4-12(16)17/h5-6H,2-4,7H2,1H3,(H,16,17). The molecule has 0 amide bonds. The van der Waals surface area contributed by atoms with E-state index >= 15 is 0 Å². The van der Waals surface area contributed by atoms with Gasteiger partial charge in [0.2, 0.25) is 6.79 Å².